The van der Waals surface area contributed by atoms with Crippen LogP contribution in [0.25, 0.3) is 14.5 Å². The summed E-state index contributed by atoms with van der Waals surface area (Å²) < 4.78 is 12.3. The van der Waals surface area contributed by atoms with E-state index in [1.165, 1.54) is 24.3 Å². The summed E-state index contributed by atoms with van der Waals surface area (Å²) in [7, 11) is -3.93. The lowest BCUT2D eigenvalue weighted by atomic mass is 10.1. The Morgan fingerprint density at radius 3 is 1.47 bits per heavy atom. The van der Waals surface area contributed by atoms with Crippen LogP contribution in [-0.4, -0.2) is 70.7 Å². The standard InChI is InChI=1S/C26H32ClN5O3Si.C18H27ClN2O3Si.C8H7N3O/c1-17-20(12-13-21(29-5)23(17)27)30-22(14-15-35-36(6,7)26(2,3)4)25(34)32-31-24(33)19-10-8-18(16-28)9-11-19;1-12-13(8-9-14(20-5)16(12)19)21-15(17(22)23)10-11-24-25(6,7)18(2,3)4;1-10-7-4-2-6(3-5-7)8(12)11-9/h8-13,22,30H,14-15H2,1-4,6-7H3,(H,31,33)(H,32,34);8-9,15,21H,10-11H2,1-4,6-7H3,(H,22,23);2-5H,9H2,(H,11,12)/t22-;15-;/m11./s1. The molecule has 4 rings (SSSR count). The smallest absolute Gasteiger partial charge is 0.326 e. The van der Waals surface area contributed by atoms with Crippen LogP contribution >= 0.6 is 23.2 Å². The highest BCUT2D eigenvalue weighted by atomic mass is 35.5. The predicted molar refractivity (Wildman–Crippen MR) is 294 cm³/mol. The second-order valence-electron chi connectivity index (χ2n) is 19.7. The summed E-state index contributed by atoms with van der Waals surface area (Å²) in [6.07, 6.45) is 0.691. The fraction of sp³-hybridized carbons (Fsp3) is 0.385. The maximum Gasteiger partial charge on any atom is 0.326 e. The molecule has 388 valence electrons. The van der Waals surface area contributed by atoms with Gasteiger partial charge in [-0.25, -0.2) is 25.2 Å². The highest BCUT2D eigenvalue weighted by Crippen LogP contribution is 2.39. The van der Waals surface area contributed by atoms with Crippen molar-refractivity contribution in [2.75, 3.05) is 23.8 Å². The molecule has 0 fully saturated rings. The Morgan fingerprint density at radius 1 is 0.671 bits per heavy atom. The Bertz CT molecular complexity index is 2750. The number of nitrogens with zero attached hydrogens (tertiary/aromatic N) is 4. The van der Waals surface area contributed by atoms with Gasteiger partial charge in [0.2, 0.25) is 11.4 Å². The predicted octanol–water partition coefficient (Wildman–Crippen LogP) is 12.0. The first-order valence-electron chi connectivity index (χ1n) is 22.9. The number of hydrogen-bond donors (Lipinski definition) is 7. The first kappa shape index (κ1) is 62.3. The van der Waals surface area contributed by atoms with Crippen LogP contribution in [0.15, 0.2) is 72.8 Å². The number of hydrazine groups is 2. The molecule has 0 aromatic heterocycles. The molecule has 0 saturated carbocycles. The molecule has 0 bridgehead atoms. The number of hydrogen-bond acceptors (Lipinski definition) is 10. The van der Waals surface area contributed by atoms with Crippen molar-refractivity contribution >= 4 is 92.0 Å². The summed E-state index contributed by atoms with van der Waals surface area (Å²) in [5.41, 5.74) is 11.8. The van der Waals surface area contributed by atoms with Gasteiger partial charge in [-0.05, 0) is 104 Å². The fourth-order valence-electron chi connectivity index (χ4n) is 5.77. The normalized spacial score (nSPS) is 11.9. The molecule has 17 nitrogen and oxygen atoms in total. The summed E-state index contributed by atoms with van der Waals surface area (Å²) in [5.74, 6) is 2.65. The number of carboxylic acids is 1. The number of nitriles is 1. The van der Waals surface area contributed by atoms with Crippen LogP contribution in [-0.2, 0) is 18.4 Å². The van der Waals surface area contributed by atoms with Gasteiger partial charge in [-0.15, -0.1) is 0 Å². The molecule has 0 spiro atoms. The molecule has 4 aromatic carbocycles. The zero-order valence-electron chi connectivity index (χ0n) is 43.4. The summed E-state index contributed by atoms with van der Waals surface area (Å²) in [6, 6.07) is 19.4. The number of rotatable bonds is 16. The van der Waals surface area contributed by atoms with Crippen molar-refractivity contribution in [3.8, 4) is 6.07 Å². The number of aliphatic carboxylic acids is 1. The first-order chi connectivity index (χ1) is 34.0. The summed E-state index contributed by atoms with van der Waals surface area (Å²) >= 11 is 12.5. The molecule has 0 saturated heterocycles. The van der Waals surface area contributed by atoms with E-state index in [1.54, 1.807) is 62.4 Å². The van der Waals surface area contributed by atoms with Gasteiger partial charge in [-0.2, -0.15) is 5.26 Å². The van der Waals surface area contributed by atoms with Gasteiger partial charge in [-0.3, -0.25) is 30.7 Å². The number of amides is 3. The minimum Gasteiger partial charge on any atom is -0.480 e. The average Bonchev–Trinajstić information content (AvgIpc) is 3.34. The fourth-order valence-corrected chi connectivity index (χ4v) is 8.31. The quantitative estimate of drug-likeness (QED) is 0.0183. The number of carbonyl (C=O) groups is 4. The van der Waals surface area contributed by atoms with Crippen LogP contribution in [0.1, 0.15) is 91.8 Å². The van der Waals surface area contributed by atoms with Gasteiger partial charge in [0.15, 0.2) is 22.3 Å². The van der Waals surface area contributed by atoms with Gasteiger partial charge in [0.05, 0.1) is 41.4 Å². The molecule has 0 aliphatic heterocycles. The van der Waals surface area contributed by atoms with Crippen LogP contribution < -0.4 is 32.8 Å². The lowest BCUT2D eigenvalue weighted by molar-refractivity contribution is -0.138. The van der Waals surface area contributed by atoms with E-state index in [4.69, 9.17) is 62.9 Å². The van der Waals surface area contributed by atoms with Gasteiger partial charge in [0, 0.05) is 42.1 Å². The molecule has 0 unspecified atom stereocenters. The molecule has 0 aliphatic carbocycles. The Kier molecular flexibility index (Phi) is 23.8. The van der Waals surface area contributed by atoms with Crippen LogP contribution in [0.3, 0.4) is 0 Å². The van der Waals surface area contributed by atoms with Crippen molar-refractivity contribution < 1.29 is 33.1 Å². The Morgan fingerprint density at radius 2 is 1.08 bits per heavy atom. The topological polar surface area (TPSA) is 230 Å². The lowest BCUT2D eigenvalue weighted by Gasteiger charge is -2.36. The number of nitrogens with one attached hydrogen (secondary N) is 5. The van der Waals surface area contributed by atoms with Gasteiger partial charge >= 0.3 is 5.97 Å². The van der Waals surface area contributed by atoms with E-state index in [2.05, 4.69) is 104 Å². The van der Waals surface area contributed by atoms with E-state index in [9.17, 15) is 24.3 Å². The molecular weight excluding hydrogens is 1000 g/mol. The number of carboxylic acid groups (broad SMARTS) is 1. The van der Waals surface area contributed by atoms with Crippen molar-refractivity contribution in [1.29, 1.82) is 5.26 Å². The first-order valence-corrected chi connectivity index (χ1v) is 29.5. The molecule has 3 amide bonds. The molecule has 0 radical (unpaired) electrons. The van der Waals surface area contributed by atoms with E-state index in [-0.39, 0.29) is 16.0 Å². The van der Waals surface area contributed by atoms with Crippen molar-refractivity contribution in [2.45, 2.75) is 117 Å². The number of halogens is 2. The Labute approximate surface area is 441 Å². The molecule has 21 heteroatoms. The van der Waals surface area contributed by atoms with Crippen LogP contribution in [0, 0.1) is 44.9 Å². The molecule has 0 heterocycles. The number of carbonyl (C=O) groups excluding carboxylic acids is 3. The highest BCUT2D eigenvalue weighted by Gasteiger charge is 2.38. The number of benzene rings is 4. The van der Waals surface area contributed by atoms with Gasteiger partial charge in [0.1, 0.15) is 12.1 Å². The number of anilines is 2. The molecule has 73 heavy (non-hydrogen) atoms. The van der Waals surface area contributed by atoms with Crippen LogP contribution in [0.4, 0.5) is 28.4 Å². The highest BCUT2D eigenvalue weighted by molar-refractivity contribution is 6.74. The van der Waals surface area contributed by atoms with Crippen molar-refractivity contribution in [3.05, 3.63) is 145 Å². The molecule has 2 atom stereocenters. The maximum absolute atomic E-state index is 13.1. The Hall–Kier alpha value is -6.79. The summed E-state index contributed by atoms with van der Waals surface area (Å²) in [6.45, 7) is 46.7. The van der Waals surface area contributed by atoms with E-state index < -0.39 is 46.5 Å². The molecule has 8 N–H and O–H groups in total. The third kappa shape index (κ3) is 18.6. The Balaban J connectivity index is 0.000000424. The zero-order valence-corrected chi connectivity index (χ0v) is 46.9. The second kappa shape index (κ2) is 27.9. The van der Waals surface area contributed by atoms with Crippen molar-refractivity contribution in [2.24, 2.45) is 5.84 Å². The summed E-state index contributed by atoms with van der Waals surface area (Å²) in [5, 5.41) is 25.4. The monoisotopic (exact) mass is 1070 g/mol. The maximum atomic E-state index is 13.1. The third-order valence-corrected chi connectivity index (χ3v) is 22.6. The largest absolute Gasteiger partial charge is 0.480 e. The van der Waals surface area contributed by atoms with Gasteiger partial charge in [-0.1, -0.05) is 101 Å². The molecule has 4 aromatic rings. The van der Waals surface area contributed by atoms with Crippen molar-refractivity contribution in [1.82, 2.24) is 16.3 Å². The van der Waals surface area contributed by atoms with Crippen LogP contribution in [0.5, 0.6) is 0 Å². The molecular formula is C52H66Cl2N10O7Si2. The van der Waals surface area contributed by atoms with E-state index >= 15 is 0 Å². The summed E-state index contributed by atoms with van der Waals surface area (Å²) in [4.78, 5) is 58.0. The van der Waals surface area contributed by atoms with Crippen LogP contribution in [0.2, 0.25) is 46.3 Å². The average molecular weight is 1070 g/mol. The second-order valence-corrected chi connectivity index (χ2v) is 30.0. The lowest BCUT2D eigenvalue weighted by Crippen LogP contribution is -2.49. The third-order valence-electron chi connectivity index (χ3n) is 12.6. The van der Waals surface area contributed by atoms with E-state index in [0.717, 1.165) is 0 Å². The van der Waals surface area contributed by atoms with E-state index in [0.29, 0.717) is 92.4 Å². The molecule has 0 aliphatic rings. The number of nitrogen functional groups attached to an aromatic ring is 1. The SMILES string of the molecule is [C-]#[N+]c1ccc(C(=O)NN)cc1.[C-]#[N+]c1ccc(N[C@H](CCO[Si](C)(C)C(C)(C)C)C(=O)NNC(=O)c2ccc(C#N)cc2)c(C)c1Cl.[C-]#[N+]c1ccc(N[C@H](CCO[Si](C)(C)C(C)(C)C)C(=O)O)c(C)c1Cl. The van der Waals surface area contributed by atoms with Gasteiger partial charge in [0.25, 0.3) is 17.7 Å². The minimum absolute atomic E-state index is 0.0208. The van der Waals surface area contributed by atoms with Crippen molar-refractivity contribution in [3.63, 3.8) is 0 Å². The minimum atomic E-state index is -2.03. The van der Waals surface area contributed by atoms with E-state index in [1.807, 2.05) is 11.5 Å². The van der Waals surface area contributed by atoms with Gasteiger partial charge < -0.3 is 24.6 Å². The zero-order chi connectivity index (χ0) is 55.5. The number of nitrogens with two attached hydrogens (primary N) is 1.